The summed E-state index contributed by atoms with van der Waals surface area (Å²) in [5.74, 6) is -0.154. The molecule has 2 rings (SSSR count). The van der Waals surface area contributed by atoms with Crippen molar-refractivity contribution < 1.29 is 19.4 Å². The third-order valence-corrected chi connectivity index (χ3v) is 3.88. The van der Waals surface area contributed by atoms with Crippen LogP contribution in [-0.4, -0.2) is 33.9 Å². The van der Waals surface area contributed by atoms with Crippen LogP contribution in [0.25, 0.3) is 10.9 Å². The van der Waals surface area contributed by atoms with Gasteiger partial charge >= 0.3 is 6.09 Å². The molecule has 7 heteroatoms. The largest absolute Gasteiger partial charge is 0.444 e. The zero-order chi connectivity index (χ0) is 18.1. The highest BCUT2D eigenvalue weighted by molar-refractivity contribution is 9.10. The van der Waals surface area contributed by atoms with Crippen LogP contribution in [-0.2, 0) is 4.74 Å². The van der Waals surface area contributed by atoms with Gasteiger partial charge < -0.3 is 15.2 Å². The van der Waals surface area contributed by atoms with Crippen molar-refractivity contribution in [1.29, 1.82) is 0 Å². The van der Waals surface area contributed by atoms with Crippen LogP contribution in [0.4, 0.5) is 4.79 Å². The van der Waals surface area contributed by atoms with Crippen LogP contribution in [0.5, 0.6) is 0 Å². The number of hydrogen-bond donors (Lipinski definition) is 2. The van der Waals surface area contributed by atoms with Gasteiger partial charge in [0.05, 0.1) is 18.2 Å². The summed E-state index contributed by atoms with van der Waals surface area (Å²) in [6, 6.07) is 4.83. The van der Waals surface area contributed by atoms with Crippen LogP contribution in [0.15, 0.2) is 28.9 Å². The fraction of sp³-hybridized carbons (Fsp3) is 0.412. The van der Waals surface area contributed by atoms with Crippen LogP contribution >= 0.6 is 15.9 Å². The zero-order valence-corrected chi connectivity index (χ0v) is 15.7. The van der Waals surface area contributed by atoms with Gasteiger partial charge in [0.1, 0.15) is 5.60 Å². The lowest BCUT2D eigenvalue weighted by molar-refractivity contribution is 0.0482. The summed E-state index contributed by atoms with van der Waals surface area (Å²) in [7, 11) is 0. The van der Waals surface area contributed by atoms with E-state index in [0.717, 1.165) is 9.86 Å². The highest BCUT2D eigenvalue weighted by Gasteiger charge is 2.23. The van der Waals surface area contributed by atoms with Crippen molar-refractivity contribution in [2.24, 2.45) is 0 Å². The van der Waals surface area contributed by atoms with E-state index in [9.17, 15) is 14.7 Å². The Labute approximate surface area is 148 Å². The molecule has 130 valence electrons. The Morgan fingerprint density at radius 3 is 2.58 bits per heavy atom. The van der Waals surface area contributed by atoms with E-state index in [1.165, 1.54) is 11.5 Å². The SMILES string of the molecule is CC(=O)n1cc([C@H](CO)NC(=O)OC(C)(C)C)c2ccc(Br)cc21. The Balaban J connectivity index is 2.42. The number of hydrogen-bond acceptors (Lipinski definition) is 4. The number of ether oxygens (including phenoxy) is 1. The summed E-state index contributed by atoms with van der Waals surface area (Å²) in [5.41, 5.74) is 0.722. The maximum atomic E-state index is 12.0. The van der Waals surface area contributed by atoms with Gasteiger partial charge in [-0.2, -0.15) is 0 Å². The number of carbonyl (C=O) groups is 2. The van der Waals surface area contributed by atoms with Gasteiger partial charge in [-0.15, -0.1) is 0 Å². The number of alkyl carbamates (subject to hydrolysis) is 1. The Kier molecular flexibility index (Phi) is 5.35. The van der Waals surface area contributed by atoms with Crippen molar-refractivity contribution >= 4 is 38.8 Å². The topological polar surface area (TPSA) is 80.6 Å². The van der Waals surface area contributed by atoms with Gasteiger partial charge in [-0.25, -0.2) is 4.79 Å². The number of carbonyl (C=O) groups excluding carboxylic acids is 2. The first-order chi connectivity index (χ1) is 11.1. The number of benzene rings is 1. The molecule has 0 aliphatic rings. The van der Waals surface area contributed by atoms with Crippen LogP contribution in [0.2, 0.25) is 0 Å². The molecule has 24 heavy (non-hydrogen) atoms. The van der Waals surface area contributed by atoms with E-state index in [2.05, 4.69) is 21.2 Å². The number of aliphatic hydroxyl groups is 1. The molecule has 1 aromatic heterocycles. The lowest BCUT2D eigenvalue weighted by Crippen LogP contribution is -2.36. The number of nitrogens with one attached hydrogen (secondary N) is 1. The molecule has 0 aliphatic carbocycles. The number of nitrogens with zero attached hydrogens (tertiary/aromatic N) is 1. The number of aromatic nitrogens is 1. The molecule has 1 heterocycles. The second kappa shape index (κ2) is 6.94. The average Bonchev–Trinajstić information content (AvgIpc) is 2.81. The van der Waals surface area contributed by atoms with E-state index in [0.29, 0.717) is 11.1 Å². The first kappa shape index (κ1) is 18.5. The fourth-order valence-electron chi connectivity index (χ4n) is 2.44. The van der Waals surface area contributed by atoms with E-state index in [4.69, 9.17) is 4.74 Å². The molecule has 0 spiro atoms. The number of rotatable bonds is 3. The molecule has 1 aromatic carbocycles. The van der Waals surface area contributed by atoms with E-state index in [1.807, 2.05) is 18.2 Å². The molecule has 1 amide bonds. The van der Waals surface area contributed by atoms with Gasteiger partial charge in [0, 0.05) is 28.5 Å². The summed E-state index contributed by atoms with van der Waals surface area (Å²) in [5, 5.41) is 13.1. The second-order valence-corrected chi connectivity index (χ2v) is 7.43. The predicted molar refractivity (Wildman–Crippen MR) is 95.1 cm³/mol. The molecule has 2 N–H and O–H groups in total. The summed E-state index contributed by atoms with van der Waals surface area (Å²) in [6.45, 7) is 6.44. The van der Waals surface area contributed by atoms with Crippen molar-refractivity contribution in [3.8, 4) is 0 Å². The molecule has 0 fully saturated rings. The average molecular weight is 397 g/mol. The standard InChI is InChI=1S/C17H21BrN2O4/c1-10(22)20-8-13(12-6-5-11(18)7-15(12)20)14(9-21)19-16(23)24-17(2,3)4/h5-8,14,21H,9H2,1-4H3,(H,19,23)/t14-/m0/s1. The summed E-state index contributed by atoms with van der Waals surface area (Å²) >= 11 is 3.39. The first-order valence-corrected chi connectivity index (χ1v) is 8.33. The Hall–Kier alpha value is -1.86. The normalized spacial score (nSPS) is 12.9. The van der Waals surface area contributed by atoms with Crippen molar-refractivity contribution in [2.45, 2.75) is 39.3 Å². The summed E-state index contributed by atoms with van der Waals surface area (Å²) < 4.78 is 7.57. The van der Waals surface area contributed by atoms with Gasteiger partial charge in [-0.3, -0.25) is 9.36 Å². The predicted octanol–water partition coefficient (Wildman–Crippen LogP) is 3.62. The van der Waals surface area contributed by atoms with Crippen LogP contribution in [0, 0.1) is 0 Å². The van der Waals surface area contributed by atoms with Crippen LogP contribution < -0.4 is 5.32 Å². The molecule has 2 aromatic rings. The number of amides is 1. The maximum Gasteiger partial charge on any atom is 0.408 e. The molecule has 0 radical (unpaired) electrons. The van der Waals surface area contributed by atoms with Crippen molar-refractivity contribution in [3.05, 3.63) is 34.4 Å². The minimum absolute atomic E-state index is 0.154. The van der Waals surface area contributed by atoms with Gasteiger partial charge in [-0.1, -0.05) is 22.0 Å². The number of fused-ring (bicyclic) bond motifs is 1. The second-order valence-electron chi connectivity index (χ2n) is 6.52. The molecular formula is C17H21BrN2O4. The van der Waals surface area contributed by atoms with Gasteiger partial charge in [0.2, 0.25) is 5.91 Å². The van der Waals surface area contributed by atoms with E-state index in [-0.39, 0.29) is 12.5 Å². The zero-order valence-electron chi connectivity index (χ0n) is 14.1. The van der Waals surface area contributed by atoms with Crippen molar-refractivity contribution in [2.75, 3.05) is 6.61 Å². The Bertz CT molecular complexity index is 777. The quantitative estimate of drug-likeness (QED) is 0.829. The highest BCUT2D eigenvalue weighted by atomic mass is 79.9. The van der Waals surface area contributed by atoms with Crippen LogP contribution in [0.1, 0.15) is 44.1 Å². The van der Waals surface area contributed by atoms with Crippen LogP contribution in [0.3, 0.4) is 0 Å². The Morgan fingerprint density at radius 2 is 2.04 bits per heavy atom. The van der Waals surface area contributed by atoms with Gasteiger partial charge in [0.15, 0.2) is 0 Å². The number of aliphatic hydroxyl groups excluding tert-OH is 1. The van der Waals surface area contributed by atoms with E-state index < -0.39 is 17.7 Å². The minimum atomic E-state index is -0.677. The lowest BCUT2D eigenvalue weighted by Gasteiger charge is -2.22. The van der Waals surface area contributed by atoms with Crippen molar-refractivity contribution in [3.63, 3.8) is 0 Å². The molecule has 0 bridgehead atoms. The molecule has 1 atom stereocenters. The van der Waals surface area contributed by atoms with E-state index in [1.54, 1.807) is 27.0 Å². The maximum absolute atomic E-state index is 12.0. The van der Waals surface area contributed by atoms with Gasteiger partial charge in [0.25, 0.3) is 0 Å². The molecule has 0 aliphatic heterocycles. The lowest BCUT2D eigenvalue weighted by atomic mass is 10.1. The third kappa shape index (κ3) is 4.15. The molecule has 0 saturated heterocycles. The molecule has 0 unspecified atom stereocenters. The number of halogens is 1. The third-order valence-electron chi connectivity index (χ3n) is 3.39. The summed E-state index contributed by atoms with van der Waals surface area (Å²) in [6.07, 6.45) is 1.01. The summed E-state index contributed by atoms with van der Waals surface area (Å²) in [4.78, 5) is 23.9. The smallest absolute Gasteiger partial charge is 0.408 e. The minimum Gasteiger partial charge on any atom is -0.444 e. The van der Waals surface area contributed by atoms with Crippen molar-refractivity contribution in [1.82, 2.24) is 9.88 Å². The Morgan fingerprint density at radius 1 is 1.38 bits per heavy atom. The van der Waals surface area contributed by atoms with Gasteiger partial charge in [-0.05, 0) is 32.9 Å². The fourth-order valence-corrected chi connectivity index (χ4v) is 2.79. The monoisotopic (exact) mass is 396 g/mol. The molecular weight excluding hydrogens is 376 g/mol. The highest BCUT2D eigenvalue weighted by Crippen LogP contribution is 2.29. The first-order valence-electron chi connectivity index (χ1n) is 7.54. The molecule has 0 saturated carbocycles. The molecule has 6 nitrogen and oxygen atoms in total. The van der Waals surface area contributed by atoms with E-state index >= 15 is 0 Å².